The van der Waals surface area contributed by atoms with Gasteiger partial charge in [0.15, 0.2) is 6.54 Å². The number of carbonyl (C=O) groups excluding carboxylic acids is 2. The Morgan fingerprint density at radius 1 is 1.15 bits per heavy atom. The minimum Gasteiger partial charge on any atom is -0.355 e. The number of carbonyl (C=O) groups is 2. The Morgan fingerprint density at radius 3 is 2.54 bits per heavy atom. The Balaban J connectivity index is 1.61. The van der Waals surface area contributed by atoms with E-state index in [1.807, 2.05) is 0 Å². The van der Waals surface area contributed by atoms with Gasteiger partial charge in [-0.1, -0.05) is 18.2 Å². The first-order chi connectivity index (χ1) is 12.5. The van der Waals surface area contributed by atoms with E-state index in [4.69, 9.17) is 0 Å². The van der Waals surface area contributed by atoms with Crippen molar-refractivity contribution in [1.29, 1.82) is 0 Å². The highest BCUT2D eigenvalue weighted by Gasteiger charge is 2.34. The van der Waals surface area contributed by atoms with Crippen LogP contribution in [-0.2, 0) is 11.3 Å². The quantitative estimate of drug-likeness (QED) is 0.702. The number of rotatable bonds is 7. The van der Waals surface area contributed by atoms with Crippen LogP contribution in [0.25, 0.3) is 0 Å². The van der Waals surface area contributed by atoms with Crippen LogP contribution in [0.2, 0.25) is 0 Å². The van der Waals surface area contributed by atoms with Gasteiger partial charge in [-0.2, -0.15) is 0 Å². The fourth-order valence-electron chi connectivity index (χ4n) is 3.00. The smallest absolute Gasteiger partial charge is 0.279 e. The molecule has 1 fully saturated rings. The Hall–Kier alpha value is -2.73. The molecule has 5 nitrogen and oxygen atoms in total. The highest BCUT2D eigenvalue weighted by atomic mass is 19.1. The summed E-state index contributed by atoms with van der Waals surface area (Å²) in [6.45, 7) is 1.03. The van der Waals surface area contributed by atoms with Gasteiger partial charge in [0.1, 0.15) is 12.4 Å². The van der Waals surface area contributed by atoms with Crippen LogP contribution in [-0.4, -0.2) is 31.4 Å². The molecule has 0 bridgehead atoms. The van der Waals surface area contributed by atoms with E-state index >= 15 is 0 Å². The third-order valence-electron chi connectivity index (χ3n) is 4.52. The van der Waals surface area contributed by atoms with Gasteiger partial charge in [0.2, 0.25) is 0 Å². The van der Waals surface area contributed by atoms with Crippen molar-refractivity contribution >= 4 is 17.5 Å². The molecule has 3 N–H and O–H groups in total. The van der Waals surface area contributed by atoms with Crippen molar-refractivity contribution in [2.45, 2.75) is 25.4 Å². The van der Waals surface area contributed by atoms with Crippen LogP contribution in [0.3, 0.4) is 0 Å². The summed E-state index contributed by atoms with van der Waals surface area (Å²) in [5.74, 6) is -0.541. The Morgan fingerprint density at radius 2 is 1.88 bits per heavy atom. The molecule has 3 rings (SSSR count). The molecule has 0 aliphatic heterocycles. The highest BCUT2D eigenvalue weighted by molar-refractivity contribution is 5.97. The van der Waals surface area contributed by atoms with E-state index < -0.39 is 0 Å². The van der Waals surface area contributed by atoms with Crippen LogP contribution in [0.15, 0.2) is 48.5 Å². The lowest BCUT2D eigenvalue weighted by atomic mass is 10.2. The molecular weight excluding hydrogens is 333 g/mol. The van der Waals surface area contributed by atoms with Crippen molar-refractivity contribution in [3.05, 3.63) is 65.5 Å². The molecule has 0 spiro atoms. The molecule has 1 aliphatic carbocycles. The van der Waals surface area contributed by atoms with E-state index in [-0.39, 0.29) is 17.6 Å². The van der Waals surface area contributed by atoms with Crippen LogP contribution in [0.5, 0.6) is 0 Å². The number of amides is 2. The lowest BCUT2D eigenvalue weighted by Gasteiger charge is -2.19. The maximum Gasteiger partial charge on any atom is 0.279 e. The minimum atomic E-state index is -0.254. The molecule has 0 saturated heterocycles. The number of nitrogens with one attached hydrogen (secondary N) is 3. The van der Waals surface area contributed by atoms with Crippen molar-refractivity contribution < 1.29 is 18.9 Å². The van der Waals surface area contributed by atoms with Gasteiger partial charge in [0.25, 0.3) is 11.8 Å². The van der Waals surface area contributed by atoms with E-state index in [0.717, 1.165) is 18.4 Å². The molecule has 26 heavy (non-hydrogen) atoms. The number of quaternary nitrogens is 1. The molecule has 1 saturated carbocycles. The standard InChI is InChI=1S/C20H22FN3O2/c1-22-20(26)15-3-2-4-17(11-15)23-19(25)13-24(18-9-10-18)12-14-5-7-16(21)8-6-14/h2-8,11,18H,9-10,12-13H2,1H3,(H,22,26)(H,23,25)/p+1. The number of hydrogen-bond acceptors (Lipinski definition) is 2. The number of anilines is 1. The summed E-state index contributed by atoms with van der Waals surface area (Å²) in [6, 6.07) is 13.8. The van der Waals surface area contributed by atoms with Crippen molar-refractivity contribution in [3.8, 4) is 0 Å². The maximum absolute atomic E-state index is 13.1. The molecule has 2 aromatic carbocycles. The number of benzene rings is 2. The highest BCUT2D eigenvalue weighted by Crippen LogP contribution is 2.16. The lowest BCUT2D eigenvalue weighted by molar-refractivity contribution is -0.916. The van der Waals surface area contributed by atoms with E-state index in [1.54, 1.807) is 43.4 Å². The van der Waals surface area contributed by atoms with E-state index in [2.05, 4.69) is 10.6 Å². The summed E-state index contributed by atoms with van der Waals surface area (Å²) in [7, 11) is 1.57. The summed E-state index contributed by atoms with van der Waals surface area (Å²) >= 11 is 0. The molecule has 0 radical (unpaired) electrons. The van der Waals surface area contributed by atoms with Crippen LogP contribution in [0, 0.1) is 5.82 Å². The molecule has 2 amide bonds. The summed E-state index contributed by atoms with van der Waals surface area (Å²) in [4.78, 5) is 25.3. The second-order valence-corrected chi connectivity index (χ2v) is 6.62. The zero-order valence-electron chi connectivity index (χ0n) is 14.7. The molecule has 0 heterocycles. The van der Waals surface area contributed by atoms with Gasteiger partial charge in [0, 0.05) is 36.7 Å². The first-order valence-corrected chi connectivity index (χ1v) is 8.76. The van der Waals surface area contributed by atoms with Gasteiger partial charge < -0.3 is 15.5 Å². The summed E-state index contributed by atoms with van der Waals surface area (Å²) < 4.78 is 13.1. The van der Waals surface area contributed by atoms with Crippen molar-refractivity contribution in [2.24, 2.45) is 0 Å². The van der Waals surface area contributed by atoms with Gasteiger partial charge >= 0.3 is 0 Å². The maximum atomic E-state index is 13.1. The summed E-state index contributed by atoms with van der Waals surface area (Å²) in [6.07, 6.45) is 2.21. The van der Waals surface area contributed by atoms with Gasteiger partial charge in [-0.25, -0.2) is 4.39 Å². The number of halogens is 1. The molecule has 2 aromatic rings. The fourth-order valence-corrected chi connectivity index (χ4v) is 3.00. The van der Waals surface area contributed by atoms with Gasteiger partial charge in [-0.05, 0) is 30.3 Å². The van der Waals surface area contributed by atoms with E-state index in [1.165, 1.54) is 17.0 Å². The average molecular weight is 356 g/mol. The predicted molar refractivity (Wildman–Crippen MR) is 97.4 cm³/mol. The summed E-state index contributed by atoms with van der Waals surface area (Å²) in [5.41, 5.74) is 2.12. The van der Waals surface area contributed by atoms with Crippen molar-refractivity contribution in [3.63, 3.8) is 0 Å². The zero-order chi connectivity index (χ0) is 18.5. The largest absolute Gasteiger partial charge is 0.355 e. The van der Waals surface area contributed by atoms with Gasteiger partial charge in [-0.3, -0.25) is 9.59 Å². The molecule has 0 aromatic heterocycles. The van der Waals surface area contributed by atoms with Gasteiger partial charge in [-0.15, -0.1) is 0 Å². The summed E-state index contributed by atoms with van der Waals surface area (Å²) in [5, 5.41) is 5.44. The van der Waals surface area contributed by atoms with E-state index in [9.17, 15) is 14.0 Å². The molecule has 1 aliphatic rings. The van der Waals surface area contributed by atoms with Crippen LogP contribution >= 0.6 is 0 Å². The van der Waals surface area contributed by atoms with Crippen LogP contribution in [0.1, 0.15) is 28.8 Å². The van der Waals surface area contributed by atoms with Gasteiger partial charge in [0.05, 0.1) is 6.04 Å². The Kier molecular flexibility index (Phi) is 5.63. The lowest BCUT2D eigenvalue weighted by Crippen LogP contribution is -3.13. The van der Waals surface area contributed by atoms with Crippen LogP contribution < -0.4 is 15.5 Å². The van der Waals surface area contributed by atoms with Crippen LogP contribution in [0.4, 0.5) is 10.1 Å². The molecule has 136 valence electrons. The Bertz CT molecular complexity index is 788. The van der Waals surface area contributed by atoms with Crippen molar-refractivity contribution in [1.82, 2.24) is 5.32 Å². The topological polar surface area (TPSA) is 62.6 Å². The molecule has 6 heteroatoms. The second-order valence-electron chi connectivity index (χ2n) is 6.62. The van der Waals surface area contributed by atoms with E-state index in [0.29, 0.717) is 30.4 Å². The average Bonchev–Trinajstić information content (AvgIpc) is 3.47. The van der Waals surface area contributed by atoms with Crippen molar-refractivity contribution in [2.75, 3.05) is 18.9 Å². The molecule has 1 atom stereocenters. The molecule has 1 unspecified atom stereocenters. The first-order valence-electron chi connectivity index (χ1n) is 8.76. The SMILES string of the molecule is CNC(=O)c1cccc(NC(=O)C[NH+](Cc2ccc(F)cc2)C2CC2)c1. The Labute approximate surface area is 152 Å². The minimum absolute atomic E-state index is 0.0944. The predicted octanol–water partition coefficient (Wildman–Crippen LogP) is 1.37. The monoisotopic (exact) mass is 356 g/mol. The molecular formula is C20H23FN3O2+. The first kappa shape index (κ1) is 18.1. The number of hydrogen-bond donors (Lipinski definition) is 3. The normalized spacial score (nSPS) is 14.5. The second kappa shape index (κ2) is 8.10. The third kappa shape index (κ3) is 4.89. The third-order valence-corrected chi connectivity index (χ3v) is 4.52. The fraction of sp³-hybridized carbons (Fsp3) is 0.300. The zero-order valence-corrected chi connectivity index (χ0v) is 14.7.